The van der Waals surface area contributed by atoms with E-state index in [-0.39, 0.29) is 28.2 Å². The van der Waals surface area contributed by atoms with Crippen LogP contribution >= 0.6 is 0 Å². The van der Waals surface area contributed by atoms with Gasteiger partial charge in [-0.1, -0.05) is 18.2 Å². The summed E-state index contributed by atoms with van der Waals surface area (Å²) in [7, 11) is -3.01. The van der Waals surface area contributed by atoms with Gasteiger partial charge in [0.2, 0.25) is 0 Å². The smallest absolute Gasteiger partial charge is 0.332 e. The van der Waals surface area contributed by atoms with Crippen molar-refractivity contribution in [2.24, 2.45) is 7.05 Å². The fourth-order valence-corrected chi connectivity index (χ4v) is 3.10. The van der Waals surface area contributed by atoms with Gasteiger partial charge in [-0.15, -0.1) is 0 Å². The summed E-state index contributed by atoms with van der Waals surface area (Å²) in [4.78, 5) is 30.9. The van der Waals surface area contributed by atoms with Crippen LogP contribution in [0.1, 0.15) is 5.56 Å². The second-order valence-electron chi connectivity index (χ2n) is 4.92. The molecule has 0 fully saturated rings. The summed E-state index contributed by atoms with van der Waals surface area (Å²) in [5.74, 6) is 0. The number of hydrogen-bond donors (Lipinski definition) is 2. The minimum absolute atomic E-state index is 0.132. The highest BCUT2D eigenvalue weighted by atomic mass is 32.2. The molecule has 0 radical (unpaired) electrons. The van der Waals surface area contributed by atoms with Gasteiger partial charge in [0.25, 0.3) is 15.7 Å². The molecule has 23 heavy (non-hydrogen) atoms. The molecule has 0 saturated heterocycles. The van der Waals surface area contributed by atoms with E-state index >= 15 is 0 Å². The molecule has 0 bridgehead atoms. The summed E-state index contributed by atoms with van der Waals surface area (Å²) in [6.45, 7) is -0.295. The molecule has 120 valence electrons. The number of aryl methyl sites for hydroxylation is 1. The second-order valence-corrected chi connectivity index (χ2v) is 6.31. The van der Waals surface area contributed by atoms with Crippen molar-refractivity contribution in [3.63, 3.8) is 0 Å². The molecule has 0 atom stereocenters. The molecule has 1 aromatic carbocycles. The fourth-order valence-electron chi connectivity index (χ4n) is 2.39. The Hall–Kier alpha value is -2.72. The van der Waals surface area contributed by atoms with Crippen LogP contribution in [0.15, 0.2) is 45.1 Å². The number of aromatic amines is 1. The molecular formula is C13H12N4O5S. The van der Waals surface area contributed by atoms with Gasteiger partial charge in [0.1, 0.15) is 5.52 Å². The average molecular weight is 336 g/mol. The first-order valence-corrected chi connectivity index (χ1v) is 7.93. The van der Waals surface area contributed by atoms with Gasteiger partial charge in [0.15, 0.2) is 5.65 Å². The van der Waals surface area contributed by atoms with Crippen LogP contribution in [0.25, 0.3) is 11.2 Å². The SMILES string of the molecule is Cn1c(=O)n(Cc2ccccc2S(=O)(=O)O)c(=O)c2[nH]cnc21. The normalized spacial score (nSPS) is 11.9. The summed E-state index contributed by atoms with van der Waals surface area (Å²) >= 11 is 0. The lowest BCUT2D eigenvalue weighted by atomic mass is 10.2. The molecule has 9 nitrogen and oxygen atoms in total. The number of imidazole rings is 1. The molecule has 0 unspecified atom stereocenters. The fraction of sp³-hybridized carbons (Fsp3) is 0.154. The Morgan fingerprint density at radius 1 is 1.26 bits per heavy atom. The molecular weight excluding hydrogens is 324 g/mol. The van der Waals surface area contributed by atoms with E-state index in [9.17, 15) is 22.6 Å². The molecule has 0 saturated carbocycles. The van der Waals surface area contributed by atoms with Crippen molar-refractivity contribution in [1.82, 2.24) is 19.1 Å². The summed E-state index contributed by atoms with van der Waals surface area (Å²) in [5, 5.41) is 0. The zero-order chi connectivity index (χ0) is 16.8. The third-order valence-corrected chi connectivity index (χ3v) is 4.45. The zero-order valence-electron chi connectivity index (χ0n) is 11.9. The monoisotopic (exact) mass is 336 g/mol. The van der Waals surface area contributed by atoms with Crippen molar-refractivity contribution in [3.8, 4) is 0 Å². The van der Waals surface area contributed by atoms with Crippen LogP contribution in [-0.2, 0) is 23.7 Å². The molecule has 0 aliphatic heterocycles. The number of rotatable bonds is 3. The van der Waals surface area contributed by atoms with Gasteiger partial charge in [0, 0.05) is 7.05 Å². The van der Waals surface area contributed by atoms with Gasteiger partial charge in [-0.25, -0.2) is 9.78 Å². The van der Waals surface area contributed by atoms with Crippen molar-refractivity contribution in [2.75, 3.05) is 0 Å². The molecule has 10 heteroatoms. The number of benzene rings is 1. The maximum Gasteiger partial charge on any atom is 0.332 e. The Kier molecular flexibility index (Phi) is 3.42. The highest BCUT2D eigenvalue weighted by Gasteiger charge is 2.18. The molecule has 2 aromatic heterocycles. The standard InChI is InChI=1S/C13H12N4O5S/c1-16-11-10(14-7-15-11)12(18)17(13(16)19)6-8-4-2-3-5-9(8)23(20,21)22/h2-5,7H,6H2,1H3,(H,14,15)(H,20,21,22). The molecule has 0 amide bonds. The van der Waals surface area contributed by atoms with Crippen LogP contribution < -0.4 is 11.2 Å². The molecule has 0 aliphatic carbocycles. The number of hydrogen-bond acceptors (Lipinski definition) is 5. The van der Waals surface area contributed by atoms with Crippen molar-refractivity contribution >= 4 is 21.3 Å². The number of H-pyrrole nitrogens is 1. The number of nitrogens with zero attached hydrogens (tertiary/aromatic N) is 3. The minimum Gasteiger partial charge on any atom is -0.339 e. The molecule has 2 N–H and O–H groups in total. The van der Waals surface area contributed by atoms with Crippen LogP contribution in [0.3, 0.4) is 0 Å². The molecule has 2 heterocycles. The molecule has 3 rings (SSSR count). The van der Waals surface area contributed by atoms with Gasteiger partial charge in [-0.05, 0) is 11.6 Å². The lowest BCUT2D eigenvalue weighted by molar-refractivity contribution is 0.481. The largest absolute Gasteiger partial charge is 0.339 e. The van der Waals surface area contributed by atoms with Gasteiger partial charge in [0.05, 0.1) is 17.8 Å². The van der Waals surface area contributed by atoms with Crippen molar-refractivity contribution in [2.45, 2.75) is 11.4 Å². The third-order valence-electron chi connectivity index (χ3n) is 3.49. The predicted octanol–water partition coefficient (Wildman–Crippen LogP) is -0.282. The molecule has 0 aliphatic rings. The van der Waals surface area contributed by atoms with Crippen molar-refractivity contribution < 1.29 is 13.0 Å². The minimum atomic E-state index is -4.47. The van der Waals surface area contributed by atoms with Crippen LogP contribution in [0, 0.1) is 0 Å². The quantitative estimate of drug-likeness (QED) is 0.633. The second kappa shape index (κ2) is 5.18. The van der Waals surface area contributed by atoms with Crippen molar-refractivity contribution in [1.29, 1.82) is 0 Å². The third kappa shape index (κ3) is 2.47. The van der Waals surface area contributed by atoms with Crippen LogP contribution in [0.4, 0.5) is 0 Å². The lowest BCUT2D eigenvalue weighted by Gasteiger charge is -2.10. The van der Waals surface area contributed by atoms with E-state index in [2.05, 4.69) is 9.97 Å². The summed E-state index contributed by atoms with van der Waals surface area (Å²) in [6.07, 6.45) is 1.29. The highest BCUT2D eigenvalue weighted by Crippen LogP contribution is 2.15. The summed E-state index contributed by atoms with van der Waals surface area (Å²) < 4.78 is 34.2. The van der Waals surface area contributed by atoms with E-state index in [4.69, 9.17) is 0 Å². The Labute approximate surface area is 129 Å². The first-order chi connectivity index (χ1) is 10.8. The Morgan fingerprint density at radius 3 is 2.65 bits per heavy atom. The molecule has 3 aromatic rings. The van der Waals surface area contributed by atoms with Crippen LogP contribution in [0.5, 0.6) is 0 Å². The van der Waals surface area contributed by atoms with Gasteiger partial charge >= 0.3 is 5.69 Å². The number of fused-ring (bicyclic) bond motifs is 1. The zero-order valence-corrected chi connectivity index (χ0v) is 12.7. The highest BCUT2D eigenvalue weighted by molar-refractivity contribution is 7.85. The topological polar surface area (TPSA) is 127 Å². The van der Waals surface area contributed by atoms with Crippen LogP contribution in [0.2, 0.25) is 0 Å². The molecule has 0 spiro atoms. The Bertz CT molecular complexity index is 1120. The van der Waals surface area contributed by atoms with Crippen molar-refractivity contribution in [3.05, 3.63) is 57.0 Å². The van der Waals surface area contributed by atoms with Crippen LogP contribution in [-0.4, -0.2) is 32.1 Å². The Balaban J connectivity index is 2.25. The van der Waals surface area contributed by atoms with Gasteiger partial charge < -0.3 is 4.98 Å². The maximum atomic E-state index is 12.4. The lowest BCUT2D eigenvalue weighted by Crippen LogP contribution is -2.39. The van der Waals surface area contributed by atoms with E-state index in [1.54, 1.807) is 6.07 Å². The predicted molar refractivity (Wildman–Crippen MR) is 81.0 cm³/mol. The maximum absolute atomic E-state index is 12.4. The van der Waals surface area contributed by atoms with E-state index in [0.717, 1.165) is 4.57 Å². The van der Waals surface area contributed by atoms with E-state index in [1.165, 1.54) is 36.1 Å². The van der Waals surface area contributed by atoms with E-state index < -0.39 is 21.4 Å². The Morgan fingerprint density at radius 2 is 1.96 bits per heavy atom. The first-order valence-electron chi connectivity index (χ1n) is 6.49. The first kappa shape index (κ1) is 15.2. The summed E-state index contributed by atoms with van der Waals surface area (Å²) in [6, 6.07) is 5.61. The number of nitrogens with one attached hydrogen (secondary N) is 1. The number of aromatic nitrogens is 4. The van der Waals surface area contributed by atoms with Gasteiger partial charge in [-0.2, -0.15) is 8.42 Å². The summed E-state index contributed by atoms with van der Waals surface area (Å²) in [5.41, 5.74) is -0.783. The van der Waals surface area contributed by atoms with Gasteiger partial charge in [-0.3, -0.25) is 18.5 Å². The van der Waals surface area contributed by atoms with E-state index in [1.807, 2.05) is 0 Å². The average Bonchev–Trinajstić information content (AvgIpc) is 2.98. The van der Waals surface area contributed by atoms with E-state index in [0.29, 0.717) is 0 Å².